The third-order valence-electron chi connectivity index (χ3n) is 2.70. The topological polar surface area (TPSA) is 40.7 Å². The molecule has 15 heavy (non-hydrogen) atoms. The summed E-state index contributed by atoms with van der Waals surface area (Å²) in [6, 6.07) is 0.384. The lowest BCUT2D eigenvalue weighted by Crippen LogP contribution is -2.24. The number of alkyl halides is 2. The normalized spacial score (nSPS) is 22.2. The molecule has 0 amide bonds. The Labute approximate surface area is 87.3 Å². The van der Waals surface area contributed by atoms with Crippen molar-refractivity contribution in [2.75, 3.05) is 6.54 Å². The van der Waals surface area contributed by atoms with Crippen LogP contribution in [0.5, 0.6) is 0 Å². The molecular weight excluding hydrogens is 200 g/mol. The van der Waals surface area contributed by atoms with Crippen LogP contribution < -0.4 is 5.32 Å². The van der Waals surface area contributed by atoms with E-state index in [0.717, 1.165) is 26.3 Å². The van der Waals surface area contributed by atoms with Gasteiger partial charge in [-0.15, -0.1) is 0 Å². The second-order valence-electron chi connectivity index (χ2n) is 4.13. The Morgan fingerprint density at radius 1 is 1.60 bits per heavy atom. The zero-order valence-electron chi connectivity index (χ0n) is 8.69. The summed E-state index contributed by atoms with van der Waals surface area (Å²) in [6.07, 6.45) is 4.18. The number of aromatic amines is 1. The Bertz CT molecular complexity index is 324. The van der Waals surface area contributed by atoms with E-state index in [2.05, 4.69) is 15.3 Å². The molecule has 1 aromatic heterocycles. The Kier molecular flexibility index (Phi) is 2.73. The summed E-state index contributed by atoms with van der Waals surface area (Å²) in [4.78, 5) is 6.65. The highest BCUT2D eigenvalue weighted by Gasteiger charge is 2.27. The number of hydrogen-bond donors (Lipinski definition) is 2. The molecule has 1 fully saturated rings. The van der Waals surface area contributed by atoms with Gasteiger partial charge in [0.25, 0.3) is 5.92 Å². The van der Waals surface area contributed by atoms with Crippen molar-refractivity contribution in [1.82, 2.24) is 15.3 Å². The monoisotopic (exact) mass is 215 g/mol. The number of rotatable bonds is 3. The minimum atomic E-state index is -2.83. The third-order valence-corrected chi connectivity index (χ3v) is 2.70. The minimum absolute atomic E-state index is 0.101. The van der Waals surface area contributed by atoms with Crippen LogP contribution in [0.25, 0.3) is 0 Å². The lowest BCUT2D eigenvalue weighted by atomic mass is 10.1. The van der Waals surface area contributed by atoms with Gasteiger partial charge in [-0.1, -0.05) is 0 Å². The molecule has 2 heterocycles. The van der Waals surface area contributed by atoms with Crippen LogP contribution in [-0.4, -0.2) is 22.6 Å². The van der Waals surface area contributed by atoms with E-state index in [9.17, 15) is 8.78 Å². The molecule has 0 saturated carbocycles. The molecule has 0 radical (unpaired) electrons. The molecule has 0 spiro atoms. The summed E-state index contributed by atoms with van der Waals surface area (Å²) >= 11 is 0. The molecule has 1 saturated heterocycles. The molecule has 1 atom stereocenters. The summed E-state index contributed by atoms with van der Waals surface area (Å²) in [6.45, 7) is 1.89. The van der Waals surface area contributed by atoms with Gasteiger partial charge in [0.15, 0.2) is 0 Å². The largest absolute Gasteiger partial charge is 0.341 e. The summed E-state index contributed by atoms with van der Waals surface area (Å²) in [7, 11) is 0. The number of H-pyrrole nitrogens is 1. The number of nitrogens with zero attached hydrogens (tertiary/aromatic N) is 1. The number of nitrogens with one attached hydrogen (secondary N) is 2. The molecular formula is C10H15F2N3. The van der Waals surface area contributed by atoms with E-state index in [1.54, 1.807) is 0 Å². The van der Waals surface area contributed by atoms with Crippen LogP contribution in [0.15, 0.2) is 6.20 Å². The molecule has 1 aliphatic heterocycles. The number of aromatic nitrogens is 2. The lowest BCUT2D eigenvalue weighted by molar-refractivity contribution is 0.0131. The maximum Gasteiger partial charge on any atom is 0.286 e. The molecule has 1 aromatic rings. The third kappa shape index (κ3) is 2.53. The Morgan fingerprint density at radius 2 is 2.40 bits per heavy atom. The highest BCUT2D eigenvalue weighted by atomic mass is 19.3. The van der Waals surface area contributed by atoms with Gasteiger partial charge >= 0.3 is 0 Å². The number of hydrogen-bond acceptors (Lipinski definition) is 2. The van der Waals surface area contributed by atoms with E-state index >= 15 is 0 Å². The zero-order valence-corrected chi connectivity index (χ0v) is 8.69. The van der Waals surface area contributed by atoms with Crippen LogP contribution in [0.3, 0.4) is 0 Å². The Balaban J connectivity index is 2.00. The fourth-order valence-corrected chi connectivity index (χ4v) is 1.85. The second-order valence-corrected chi connectivity index (χ2v) is 4.13. The van der Waals surface area contributed by atoms with Crippen molar-refractivity contribution in [2.24, 2.45) is 0 Å². The summed E-state index contributed by atoms with van der Waals surface area (Å²) in [5.74, 6) is -2.18. The van der Waals surface area contributed by atoms with Crippen molar-refractivity contribution in [1.29, 1.82) is 0 Å². The summed E-state index contributed by atoms with van der Waals surface area (Å²) in [5.41, 5.74) is -0.101. The highest BCUT2D eigenvalue weighted by molar-refractivity contribution is 5.08. The van der Waals surface area contributed by atoms with Crippen molar-refractivity contribution < 1.29 is 8.78 Å². The number of halogens is 2. The van der Waals surface area contributed by atoms with Gasteiger partial charge in [-0.05, 0) is 19.4 Å². The zero-order chi connectivity index (χ0) is 10.9. The lowest BCUT2D eigenvalue weighted by Gasteiger charge is -2.08. The van der Waals surface area contributed by atoms with Gasteiger partial charge in [-0.3, -0.25) is 0 Å². The quantitative estimate of drug-likeness (QED) is 0.807. The Morgan fingerprint density at radius 3 is 2.93 bits per heavy atom. The fraction of sp³-hybridized carbons (Fsp3) is 0.700. The van der Waals surface area contributed by atoms with Crippen molar-refractivity contribution in [2.45, 2.75) is 38.2 Å². The van der Waals surface area contributed by atoms with Crippen LogP contribution in [0.2, 0.25) is 0 Å². The first kappa shape index (κ1) is 10.5. The van der Waals surface area contributed by atoms with E-state index in [4.69, 9.17) is 0 Å². The van der Waals surface area contributed by atoms with E-state index in [1.165, 1.54) is 6.20 Å². The Hall–Kier alpha value is -0.970. The molecule has 5 heteroatoms. The molecule has 0 aromatic carbocycles. The van der Waals surface area contributed by atoms with Gasteiger partial charge in [0.2, 0.25) is 0 Å². The van der Waals surface area contributed by atoms with E-state index in [1.807, 2.05) is 0 Å². The van der Waals surface area contributed by atoms with E-state index in [0.29, 0.717) is 18.3 Å². The maximum absolute atomic E-state index is 12.9. The highest BCUT2D eigenvalue weighted by Crippen LogP contribution is 2.25. The van der Waals surface area contributed by atoms with E-state index in [-0.39, 0.29) is 5.69 Å². The van der Waals surface area contributed by atoms with Crippen molar-refractivity contribution in [3.63, 3.8) is 0 Å². The average molecular weight is 215 g/mol. The summed E-state index contributed by atoms with van der Waals surface area (Å²) in [5, 5.41) is 3.31. The molecule has 84 valence electrons. The summed E-state index contributed by atoms with van der Waals surface area (Å²) < 4.78 is 25.8. The van der Waals surface area contributed by atoms with Crippen LogP contribution in [0.4, 0.5) is 8.78 Å². The van der Waals surface area contributed by atoms with Gasteiger partial charge in [-0.25, -0.2) is 4.98 Å². The smallest absolute Gasteiger partial charge is 0.286 e. The van der Waals surface area contributed by atoms with Crippen LogP contribution >= 0.6 is 0 Å². The molecule has 1 aliphatic rings. The molecule has 0 aliphatic carbocycles. The fourth-order valence-electron chi connectivity index (χ4n) is 1.85. The number of imidazole rings is 1. The van der Waals surface area contributed by atoms with Crippen molar-refractivity contribution >= 4 is 0 Å². The van der Waals surface area contributed by atoms with Gasteiger partial charge in [0.1, 0.15) is 11.5 Å². The molecule has 2 rings (SSSR count). The predicted molar refractivity (Wildman–Crippen MR) is 52.9 cm³/mol. The van der Waals surface area contributed by atoms with Gasteiger partial charge in [-0.2, -0.15) is 8.78 Å². The molecule has 0 bridgehead atoms. The molecule has 3 nitrogen and oxygen atoms in total. The molecule has 2 N–H and O–H groups in total. The van der Waals surface area contributed by atoms with E-state index < -0.39 is 5.92 Å². The first-order valence-electron chi connectivity index (χ1n) is 5.21. The maximum atomic E-state index is 12.9. The van der Waals surface area contributed by atoms with Crippen LogP contribution in [0.1, 0.15) is 31.3 Å². The minimum Gasteiger partial charge on any atom is -0.341 e. The standard InChI is InChI=1S/C10H15F2N3/c1-10(11,12)8-6-14-9(15-8)5-7-3-2-4-13-7/h6-7,13H,2-5H2,1H3,(H,14,15). The van der Waals surface area contributed by atoms with Crippen molar-refractivity contribution in [3.8, 4) is 0 Å². The van der Waals surface area contributed by atoms with Gasteiger partial charge in [0.05, 0.1) is 6.20 Å². The predicted octanol–water partition coefficient (Wildman–Crippen LogP) is 1.82. The van der Waals surface area contributed by atoms with Crippen LogP contribution in [0, 0.1) is 0 Å². The first-order valence-corrected chi connectivity index (χ1v) is 5.21. The van der Waals surface area contributed by atoms with Crippen LogP contribution in [-0.2, 0) is 12.3 Å². The second kappa shape index (κ2) is 3.89. The SMILES string of the molecule is CC(F)(F)c1cnc(CC2CCCN2)[nH]1. The first-order chi connectivity index (χ1) is 7.05. The molecule has 1 unspecified atom stereocenters. The average Bonchev–Trinajstić information content (AvgIpc) is 2.73. The van der Waals surface area contributed by atoms with Gasteiger partial charge in [0, 0.05) is 19.4 Å². The van der Waals surface area contributed by atoms with Gasteiger partial charge < -0.3 is 10.3 Å². The van der Waals surface area contributed by atoms with Crippen molar-refractivity contribution in [3.05, 3.63) is 17.7 Å².